The van der Waals surface area contributed by atoms with Gasteiger partial charge in [-0.2, -0.15) is 0 Å². The van der Waals surface area contributed by atoms with Gasteiger partial charge in [0.05, 0.1) is 11.2 Å². The maximum Gasteiger partial charge on any atom is 0.0782 e. The van der Waals surface area contributed by atoms with E-state index < -0.39 is 11.2 Å². The lowest BCUT2D eigenvalue weighted by Gasteiger charge is -2.74. The van der Waals surface area contributed by atoms with Gasteiger partial charge in [-0.05, 0) is 49.4 Å². The van der Waals surface area contributed by atoms with Gasteiger partial charge in [-0.1, -0.05) is 27.7 Å². The first-order valence-electron chi connectivity index (χ1n) is 7.14. The van der Waals surface area contributed by atoms with Crippen LogP contribution in [0.1, 0.15) is 59.8 Å². The monoisotopic (exact) mass is 238 g/mol. The summed E-state index contributed by atoms with van der Waals surface area (Å²) in [5.74, 6) is 0.800. The van der Waals surface area contributed by atoms with Crippen molar-refractivity contribution in [2.24, 2.45) is 22.7 Å². The van der Waals surface area contributed by atoms with Crippen LogP contribution in [-0.2, 0) is 0 Å². The minimum absolute atomic E-state index is 0.0492. The van der Waals surface area contributed by atoms with Gasteiger partial charge >= 0.3 is 0 Å². The third-order valence-electron chi connectivity index (χ3n) is 7.26. The zero-order chi connectivity index (χ0) is 12.7. The Morgan fingerprint density at radius 2 is 1.65 bits per heavy atom. The zero-order valence-corrected chi connectivity index (χ0v) is 11.6. The van der Waals surface area contributed by atoms with Crippen molar-refractivity contribution in [3.63, 3.8) is 0 Å². The molecule has 5 unspecified atom stereocenters. The number of hydrogen-bond donors (Lipinski definition) is 2. The van der Waals surface area contributed by atoms with E-state index >= 15 is 0 Å². The molecule has 0 amide bonds. The molecule has 0 radical (unpaired) electrons. The second-order valence-electron chi connectivity index (χ2n) is 7.72. The van der Waals surface area contributed by atoms with Crippen LogP contribution >= 0.6 is 0 Å². The first-order chi connectivity index (χ1) is 7.69. The van der Waals surface area contributed by atoms with Crippen LogP contribution < -0.4 is 0 Å². The van der Waals surface area contributed by atoms with Gasteiger partial charge in [-0.3, -0.25) is 0 Å². The molecule has 0 aromatic heterocycles. The van der Waals surface area contributed by atoms with Crippen LogP contribution in [0.25, 0.3) is 0 Å². The average molecular weight is 238 g/mol. The van der Waals surface area contributed by atoms with Crippen LogP contribution in [0.15, 0.2) is 0 Å². The highest BCUT2D eigenvalue weighted by atomic mass is 16.3. The van der Waals surface area contributed by atoms with Gasteiger partial charge in [-0.25, -0.2) is 0 Å². The van der Waals surface area contributed by atoms with E-state index in [1.165, 1.54) is 6.42 Å². The van der Waals surface area contributed by atoms with Gasteiger partial charge in [-0.15, -0.1) is 0 Å². The van der Waals surface area contributed by atoms with Crippen LogP contribution in [0, 0.1) is 22.7 Å². The maximum atomic E-state index is 11.3. The standard InChI is InChI=1S/C15H26O2/c1-10-5-8-15(17)12(2,3)11-6-7-13(15,4)14(10,16)9-11/h10-11,16-17H,5-9H2,1-4H3. The Bertz CT molecular complexity index is 364. The minimum atomic E-state index is -0.678. The molecule has 98 valence electrons. The normalized spacial score (nSPS) is 60.4. The van der Waals surface area contributed by atoms with Crippen LogP contribution in [0.4, 0.5) is 0 Å². The minimum Gasteiger partial charge on any atom is -0.389 e. The second-order valence-corrected chi connectivity index (χ2v) is 7.72. The van der Waals surface area contributed by atoms with Gasteiger partial charge in [0.15, 0.2) is 0 Å². The molecule has 4 bridgehead atoms. The molecular weight excluding hydrogens is 212 g/mol. The molecule has 4 aliphatic rings. The average Bonchev–Trinajstić information content (AvgIpc) is 2.25. The van der Waals surface area contributed by atoms with Crippen LogP contribution in [0.5, 0.6) is 0 Å². The zero-order valence-electron chi connectivity index (χ0n) is 11.6. The van der Waals surface area contributed by atoms with Crippen molar-refractivity contribution in [3.05, 3.63) is 0 Å². The summed E-state index contributed by atoms with van der Waals surface area (Å²) >= 11 is 0. The van der Waals surface area contributed by atoms with E-state index in [0.29, 0.717) is 11.8 Å². The largest absolute Gasteiger partial charge is 0.389 e. The van der Waals surface area contributed by atoms with Crippen molar-refractivity contribution < 1.29 is 10.2 Å². The van der Waals surface area contributed by atoms with Crippen molar-refractivity contribution in [1.29, 1.82) is 0 Å². The van der Waals surface area contributed by atoms with E-state index in [1.807, 2.05) is 0 Å². The van der Waals surface area contributed by atoms with Crippen molar-refractivity contribution >= 4 is 0 Å². The van der Waals surface area contributed by atoms with Gasteiger partial charge in [0.1, 0.15) is 0 Å². The Hall–Kier alpha value is -0.0800. The molecule has 2 heteroatoms. The van der Waals surface area contributed by atoms with Crippen molar-refractivity contribution in [2.45, 2.75) is 71.0 Å². The van der Waals surface area contributed by atoms with Crippen LogP contribution in [0.2, 0.25) is 0 Å². The molecule has 2 nitrogen and oxygen atoms in total. The molecule has 4 saturated carbocycles. The molecule has 0 saturated heterocycles. The third-order valence-corrected chi connectivity index (χ3v) is 7.26. The molecule has 0 aromatic carbocycles. The van der Waals surface area contributed by atoms with E-state index in [2.05, 4.69) is 27.7 Å². The molecule has 5 atom stereocenters. The summed E-state index contributed by atoms with van der Waals surface area (Å²) in [6.07, 6.45) is 4.86. The topological polar surface area (TPSA) is 40.5 Å². The molecule has 0 heterocycles. The van der Waals surface area contributed by atoms with E-state index in [0.717, 1.165) is 25.7 Å². The van der Waals surface area contributed by atoms with Crippen molar-refractivity contribution in [2.75, 3.05) is 0 Å². The SMILES string of the molecule is CC1CCC2(O)C(C)(C)C3CCC2(C)C1(O)C3. The highest BCUT2D eigenvalue weighted by molar-refractivity contribution is 5.25. The quantitative estimate of drug-likeness (QED) is 0.681. The van der Waals surface area contributed by atoms with Crippen LogP contribution in [0.3, 0.4) is 0 Å². The van der Waals surface area contributed by atoms with Crippen molar-refractivity contribution in [1.82, 2.24) is 0 Å². The summed E-state index contributed by atoms with van der Waals surface area (Å²) in [6, 6.07) is 0. The molecule has 17 heavy (non-hydrogen) atoms. The third kappa shape index (κ3) is 0.986. The Morgan fingerprint density at radius 1 is 1.00 bits per heavy atom. The Kier molecular flexibility index (Phi) is 2.05. The Labute approximate surface area is 104 Å². The highest BCUT2D eigenvalue weighted by Gasteiger charge is 2.75. The summed E-state index contributed by atoms with van der Waals surface area (Å²) in [5.41, 5.74) is -1.68. The fourth-order valence-electron chi connectivity index (χ4n) is 5.62. The molecule has 0 aliphatic heterocycles. The summed E-state index contributed by atoms with van der Waals surface area (Å²) < 4.78 is 0. The highest BCUT2D eigenvalue weighted by Crippen LogP contribution is 2.72. The van der Waals surface area contributed by atoms with Crippen LogP contribution in [-0.4, -0.2) is 21.4 Å². The van der Waals surface area contributed by atoms with E-state index in [1.54, 1.807) is 0 Å². The first-order valence-corrected chi connectivity index (χ1v) is 7.14. The van der Waals surface area contributed by atoms with Crippen molar-refractivity contribution in [3.8, 4) is 0 Å². The predicted molar refractivity (Wildman–Crippen MR) is 67.5 cm³/mol. The lowest BCUT2D eigenvalue weighted by molar-refractivity contribution is -0.347. The molecular formula is C15H26O2. The maximum absolute atomic E-state index is 11.3. The van der Waals surface area contributed by atoms with Gasteiger partial charge < -0.3 is 10.2 Å². The van der Waals surface area contributed by atoms with Gasteiger partial charge in [0, 0.05) is 5.41 Å². The van der Waals surface area contributed by atoms with E-state index in [-0.39, 0.29) is 10.8 Å². The summed E-state index contributed by atoms with van der Waals surface area (Å²) in [5, 5.41) is 22.5. The predicted octanol–water partition coefficient (Wildman–Crippen LogP) is 2.72. The molecule has 4 rings (SSSR count). The van der Waals surface area contributed by atoms with E-state index in [4.69, 9.17) is 0 Å². The first kappa shape index (κ1) is 12.0. The number of hydrogen-bond acceptors (Lipinski definition) is 2. The lowest BCUT2D eigenvalue weighted by atomic mass is 9.34. The van der Waals surface area contributed by atoms with Gasteiger partial charge in [0.25, 0.3) is 0 Å². The number of fused-ring (bicyclic) bond motifs is 1. The molecule has 0 spiro atoms. The fourth-order valence-corrected chi connectivity index (χ4v) is 5.62. The number of rotatable bonds is 0. The Morgan fingerprint density at radius 3 is 2.29 bits per heavy atom. The number of aliphatic hydroxyl groups is 2. The molecule has 2 N–H and O–H groups in total. The molecule has 4 fully saturated rings. The fraction of sp³-hybridized carbons (Fsp3) is 1.00. The smallest absolute Gasteiger partial charge is 0.0782 e. The summed E-state index contributed by atoms with van der Waals surface area (Å²) in [7, 11) is 0. The molecule has 0 aromatic rings. The Balaban J connectivity index is 2.20. The molecule has 4 aliphatic carbocycles. The summed E-state index contributed by atoms with van der Waals surface area (Å²) in [6.45, 7) is 8.73. The van der Waals surface area contributed by atoms with Gasteiger partial charge in [0.2, 0.25) is 0 Å². The lowest BCUT2D eigenvalue weighted by Crippen LogP contribution is -2.78. The second kappa shape index (κ2) is 2.91. The van der Waals surface area contributed by atoms with E-state index in [9.17, 15) is 10.2 Å². The summed E-state index contributed by atoms with van der Waals surface area (Å²) in [4.78, 5) is 0.